The highest BCUT2D eigenvalue weighted by molar-refractivity contribution is 5.67. The van der Waals surface area contributed by atoms with Gasteiger partial charge in [0.05, 0.1) is 0 Å². The monoisotopic (exact) mass is 346 g/mol. The second-order valence-corrected chi connectivity index (χ2v) is 6.24. The Kier molecular flexibility index (Phi) is 5.17. The van der Waals surface area contributed by atoms with Crippen LogP contribution in [0.5, 0.6) is 0 Å². The van der Waals surface area contributed by atoms with E-state index in [1.54, 1.807) is 13.8 Å². The smallest absolute Gasteiger partial charge is 0.303 e. The molecule has 2 aliphatic rings. The molecule has 2 heterocycles. The lowest BCUT2D eigenvalue weighted by Crippen LogP contribution is -2.54. The van der Waals surface area contributed by atoms with E-state index in [9.17, 15) is 14.4 Å². The van der Waals surface area contributed by atoms with Crippen LogP contribution in [0.4, 0.5) is 0 Å². The molecule has 0 radical (unpaired) electrons. The molecule has 136 valence electrons. The van der Waals surface area contributed by atoms with E-state index < -0.39 is 47.8 Å². The van der Waals surface area contributed by atoms with Crippen molar-refractivity contribution in [1.82, 2.24) is 0 Å². The highest BCUT2D eigenvalue weighted by Gasteiger charge is 2.64. The Balaban J connectivity index is 2.29. The van der Waals surface area contributed by atoms with E-state index in [0.717, 1.165) is 0 Å². The van der Waals surface area contributed by atoms with Gasteiger partial charge in [-0.1, -0.05) is 0 Å². The average molecular weight is 346 g/mol. The van der Waals surface area contributed by atoms with Crippen molar-refractivity contribution in [2.45, 2.75) is 64.5 Å². The number of fused-ring (bicyclic) bond motifs is 1. The number of esters is 3. The van der Waals surface area contributed by atoms with Gasteiger partial charge in [0.25, 0.3) is 0 Å². The molecule has 2 saturated heterocycles. The van der Waals surface area contributed by atoms with Gasteiger partial charge < -0.3 is 28.4 Å². The Morgan fingerprint density at radius 3 is 1.88 bits per heavy atom. The molecular weight excluding hydrogens is 324 g/mol. The van der Waals surface area contributed by atoms with Gasteiger partial charge in [-0.2, -0.15) is 0 Å². The predicted molar refractivity (Wildman–Crippen MR) is 76.5 cm³/mol. The van der Waals surface area contributed by atoms with E-state index in [0.29, 0.717) is 0 Å². The Labute approximate surface area is 139 Å². The van der Waals surface area contributed by atoms with Crippen LogP contribution in [0.15, 0.2) is 0 Å². The van der Waals surface area contributed by atoms with E-state index in [1.807, 2.05) is 0 Å². The van der Waals surface area contributed by atoms with Crippen LogP contribution >= 0.6 is 0 Å². The molecule has 0 saturated carbocycles. The summed E-state index contributed by atoms with van der Waals surface area (Å²) in [5, 5.41) is 0. The lowest BCUT2D eigenvalue weighted by molar-refractivity contribution is -0.258. The minimum absolute atomic E-state index is 0.284. The van der Waals surface area contributed by atoms with Crippen molar-refractivity contribution in [2.24, 2.45) is 0 Å². The summed E-state index contributed by atoms with van der Waals surface area (Å²) in [5.41, 5.74) is -1.41. The molecule has 0 spiro atoms. The number of hydrogen-bond acceptors (Lipinski definition) is 9. The van der Waals surface area contributed by atoms with Gasteiger partial charge in [-0.05, 0) is 13.8 Å². The van der Waals surface area contributed by atoms with Crippen LogP contribution in [0.25, 0.3) is 0 Å². The average Bonchev–Trinajstić information content (AvgIpc) is 2.85. The van der Waals surface area contributed by atoms with Crippen LogP contribution < -0.4 is 0 Å². The highest BCUT2D eigenvalue weighted by atomic mass is 16.9. The van der Waals surface area contributed by atoms with Gasteiger partial charge >= 0.3 is 17.9 Å². The molecule has 9 heteroatoms. The summed E-state index contributed by atoms with van der Waals surface area (Å²) < 4.78 is 32.6. The van der Waals surface area contributed by atoms with Crippen molar-refractivity contribution in [3.63, 3.8) is 0 Å². The molecule has 2 fully saturated rings. The van der Waals surface area contributed by atoms with Crippen molar-refractivity contribution in [3.8, 4) is 0 Å². The summed E-state index contributed by atoms with van der Waals surface area (Å²) in [7, 11) is 0. The molecule has 24 heavy (non-hydrogen) atoms. The van der Waals surface area contributed by atoms with Gasteiger partial charge in [0.2, 0.25) is 0 Å². The summed E-state index contributed by atoms with van der Waals surface area (Å²) in [6.45, 7) is 6.51. The van der Waals surface area contributed by atoms with Gasteiger partial charge in [0.1, 0.15) is 13.2 Å². The lowest BCUT2D eigenvalue weighted by Gasteiger charge is -2.34. The quantitative estimate of drug-likeness (QED) is 0.513. The Morgan fingerprint density at radius 1 is 0.875 bits per heavy atom. The normalized spacial score (nSPS) is 29.6. The van der Waals surface area contributed by atoms with Crippen LogP contribution in [0.2, 0.25) is 0 Å². The van der Waals surface area contributed by atoms with Crippen molar-refractivity contribution >= 4 is 17.9 Å². The molecule has 0 unspecified atom stereocenters. The molecule has 0 aromatic heterocycles. The zero-order chi connectivity index (χ0) is 18.1. The molecular formula is C15H22O9. The maximum absolute atomic E-state index is 11.5. The van der Waals surface area contributed by atoms with Crippen LogP contribution in [-0.2, 0) is 42.8 Å². The van der Waals surface area contributed by atoms with E-state index >= 15 is 0 Å². The standard InChI is InChI=1S/C15H22O9/c1-8(16)19-6-15(7-20-9(2)17)12(21-10(3)18)11-13(24-15)23-14(4,5)22-11/h11-13H,6-7H2,1-5H3/t11-,12+,13+/m1/s1. The first-order valence-corrected chi connectivity index (χ1v) is 7.52. The topological polar surface area (TPSA) is 107 Å². The summed E-state index contributed by atoms with van der Waals surface area (Å²) in [4.78, 5) is 33.9. The molecule has 0 aliphatic carbocycles. The second-order valence-electron chi connectivity index (χ2n) is 6.24. The van der Waals surface area contributed by atoms with Crippen LogP contribution in [0, 0.1) is 0 Å². The minimum Gasteiger partial charge on any atom is -0.462 e. The molecule has 0 bridgehead atoms. The number of carbonyl (C=O) groups excluding carboxylic acids is 3. The molecule has 0 aromatic rings. The van der Waals surface area contributed by atoms with Gasteiger partial charge in [0.15, 0.2) is 29.9 Å². The van der Waals surface area contributed by atoms with Crippen molar-refractivity contribution in [2.75, 3.05) is 13.2 Å². The Bertz CT molecular complexity index is 509. The van der Waals surface area contributed by atoms with Gasteiger partial charge in [-0.15, -0.1) is 0 Å². The Hall–Kier alpha value is -1.71. The second kappa shape index (κ2) is 6.66. The summed E-state index contributed by atoms with van der Waals surface area (Å²) in [6.07, 6.45) is -2.56. The largest absolute Gasteiger partial charge is 0.462 e. The van der Waals surface area contributed by atoms with E-state index in [4.69, 9.17) is 28.4 Å². The van der Waals surface area contributed by atoms with Gasteiger partial charge in [-0.3, -0.25) is 14.4 Å². The Morgan fingerprint density at radius 2 is 1.42 bits per heavy atom. The fourth-order valence-electron chi connectivity index (χ4n) is 2.73. The fraction of sp³-hybridized carbons (Fsp3) is 0.800. The molecule has 0 amide bonds. The molecule has 2 aliphatic heterocycles. The molecule has 0 N–H and O–H groups in total. The molecule has 3 atom stereocenters. The highest BCUT2D eigenvalue weighted by Crippen LogP contribution is 2.44. The van der Waals surface area contributed by atoms with Crippen LogP contribution in [0.3, 0.4) is 0 Å². The summed E-state index contributed by atoms with van der Waals surface area (Å²) in [5.74, 6) is -2.61. The van der Waals surface area contributed by atoms with Gasteiger partial charge in [-0.25, -0.2) is 0 Å². The number of carbonyl (C=O) groups is 3. The fourth-order valence-corrected chi connectivity index (χ4v) is 2.73. The van der Waals surface area contributed by atoms with Crippen molar-refractivity contribution < 1.29 is 42.8 Å². The van der Waals surface area contributed by atoms with Crippen LogP contribution in [0.1, 0.15) is 34.6 Å². The van der Waals surface area contributed by atoms with Crippen molar-refractivity contribution in [1.29, 1.82) is 0 Å². The SMILES string of the molecule is CC(=O)OCC1(COC(C)=O)O[C@@H]2OC(C)(C)O[C@@H]2[C@@H]1OC(C)=O. The van der Waals surface area contributed by atoms with E-state index in [1.165, 1.54) is 20.8 Å². The van der Waals surface area contributed by atoms with Crippen LogP contribution in [-0.4, -0.2) is 61.0 Å². The number of ether oxygens (including phenoxy) is 6. The molecule has 2 rings (SSSR count). The minimum atomic E-state index is -1.41. The lowest BCUT2D eigenvalue weighted by atomic mass is 9.96. The van der Waals surface area contributed by atoms with Gasteiger partial charge in [0, 0.05) is 20.8 Å². The third-order valence-corrected chi connectivity index (χ3v) is 3.59. The first-order chi connectivity index (χ1) is 11.0. The zero-order valence-corrected chi connectivity index (χ0v) is 14.3. The molecule has 9 nitrogen and oxygen atoms in total. The van der Waals surface area contributed by atoms with Crippen molar-refractivity contribution in [3.05, 3.63) is 0 Å². The number of rotatable bonds is 5. The van der Waals surface area contributed by atoms with E-state index in [-0.39, 0.29) is 13.2 Å². The third kappa shape index (κ3) is 4.03. The summed E-state index contributed by atoms with van der Waals surface area (Å²) in [6, 6.07) is 0. The maximum Gasteiger partial charge on any atom is 0.303 e. The maximum atomic E-state index is 11.5. The first kappa shape index (κ1) is 18.6. The third-order valence-electron chi connectivity index (χ3n) is 3.59. The van der Waals surface area contributed by atoms with E-state index in [2.05, 4.69) is 0 Å². The number of hydrogen-bond donors (Lipinski definition) is 0. The molecule has 0 aromatic carbocycles. The predicted octanol–water partition coefficient (Wildman–Crippen LogP) is 0.291. The summed E-state index contributed by atoms with van der Waals surface area (Å²) >= 11 is 0. The first-order valence-electron chi connectivity index (χ1n) is 7.52. The zero-order valence-electron chi connectivity index (χ0n) is 14.3.